The first-order valence-corrected chi connectivity index (χ1v) is 4.95. The van der Waals surface area contributed by atoms with E-state index in [0.717, 1.165) is 18.9 Å². The minimum atomic E-state index is 0.747. The number of aryl methyl sites for hydroxylation is 1. The Bertz CT molecular complexity index is 294. The van der Waals surface area contributed by atoms with Crippen molar-refractivity contribution < 1.29 is 4.74 Å². The van der Waals surface area contributed by atoms with Crippen LogP contribution in [0.2, 0.25) is 0 Å². The molecule has 2 heteroatoms. The smallest absolute Gasteiger partial charge is 0.122 e. The maximum absolute atomic E-state index is 5.69. The first kappa shape index (κ1) is 11.1. The van der Waals surface area contributed by atoms with E-state index in [0.29, 0.717) is 0 Å². The van der Waals surface area contributed by atoms with E-state index in [2.05, 4.69) is 24.8 Å². The fourth-order valence-corrected chi connectivity index (χ4v) is 1.22. The van der Waals surface area contributed by atoms with Crippen LogP contribution in [-0.2, 0) is 0 Å². The second-order valence-corrected chi connectivity index (χ2v) is 3.85. The Morgan fingerprint density at radius 3 is 2.57 bits per heavy atom. The van der Waals surface area contributed by atoms with Crippen molar-refractivity contribution in [3.05, 3.63) is 29.3 Å². The van der Waals surface area contributed by atoms with Crippen LogP contribution in [-0.4, -0.2) is 32.1 Å². The Hall–Kier alpha value is -1.02. The Morgan fingerprint density at radius 1 is 1.21 bits per heavy atom. The van der Waals surface area contributed by atoms with Gasteiger partial charge in [-0.05, 0) is 45.1 Å². The summed E-state index contributed by atoms with van der Waals surface area (Å²) in [4.78, 5) is 2.12. The molecule has 0 heterocycles. The van der Waals surface area contributed by atoms with E-state index in [4.69, 9.17) is 4.74 Å². The molecule has 1 aromatic rings. The van der Waals surface area contributed by atoms with E-state index >= 15 is 0 Å². The summed E-state index contributed by atoms with van der Waals surface area (Å²) in [6, 6.07) is 6.17. The van der Waals surface area contributed by atoms with Gasteiger partial charge in [0, 0.05) is 6.54 Å². The Kier molecular flexibility index (Phi) is 3.96. The second-order valence-electron chi connectivity index (χ2n) is 3.85. The molecule has 78 valence electrons. The molecule has 0 aliphatic heterocycles. The largest absolute Gasteiger partial charge is 0.492 e. The zero-order chi connectivity index (χ0) is 10.6. The summed E-state index contributed by atoms with van der Waals surface area (Å²) in [7, 11) is 4.10. The third-order valence-electron chi connectivity index (χ3n) is 2.35. The molecule has 0 atom stereocenters. The van der Waals surface area contributed by atoms with E-state index < -0.39 is 0 Å². The molecule has 2 nitrogen and oxygen atoms in total. The van der Waals surface area contributed by atoms with Gasteiger partial charge >= 0.3 is 0 Å². The zero-order valence-electron chi connectivity index (χ0n) is 9.50. The van der Waals surface area contributed by atoms with E-state index in [9.17, 15) is 0 Å². The lowest BCUT2D eigenvalue weighted by atomic mass is 10.1. The topological polar surface area (TPSA) is 12.5 Å². The molecule has 0 bridgehead atoms. The molecule has 0 radical (unpaired) electrons. The van der Waals surface area contributed by atoms with Crippen molar-refractivity contribution in [3.8, 4) is 5.75 Å². The van der Waals surface area contributed by atoms with Crippen LogP contribution in [0.5, 0.6) is 5.75 Å². The summed E-state index contributed by atoms with van der Waals surface area (Å²) in [6.07, 6.45) is 0. The number of hydrogen-bond donors (Lipinski definition) is 0. The van der Waals surface area contributed by atoms with Crippen molar-refractivity contribution in [1.82, 2.24) is 4.90 Å². The minimum Gasteiger partial charge on any atom is -0.492 e. The summed E-state index contributed by atoms with van der Waals surface area (Å²) < 4.78 is 5.69. The van der Waals surface area contributed by atoms with Gasteiger partial charge in [-0.3, -0.25) is 0 Å². The highest BCUT2D eigenvalue weighted by Crippen LogP contribution is 2.20. The molecule has 0 fully saturated rings. The summed E-state index contributed by atoms with van der Waals surface area (Å²) in [5.41, 5.74) is 2.53. The predicted molar refractivity (Wildman–Crippen MR) is 60.0 cm³/mol. The van der Waals surface area contributed by atoms with Crippen LogP contribution in [0.25, 0.3) is 0 Å². The predicted octanol–water partition coefficient (Wildman–Crippen LogP) is 2.24. The zero-order valence-corrected chi connectivity index (χ0v) is 9.50. The van der Waals surface area contributed by atoms with Gasteiger partial charge in [0.25, 0.3) is 0 Å². The van der Waals surface area contributed by atoms with Gasteiger partial charge in [0.1, 0.15) is 12.4 Å². The van der Waals surface area contributed by atoms with Gasteiger partial charge in [0.15, 0.2) is 0 Å². The van der Waals surface area contributed by atoms with E-state index in [-0.39, 0.29) is 0 Å². The Morgan fingerprint density at radius 2 is 1.93 bits per heavy atom. The molecule has 0 N–H and O–H groups in total. The molecule has 0 spiro atoms. The summed E-state index contributed by atoms with van der Waals surface area (Å²) in [5.74, 6) is 1.01. The Balaban J connectivity index is 2.54. The van der Waals surface area contributed by atoms with Crippen molar-refractivity contribution in [2.24, 2.45) is 0 Å². The number of ether oxygens (including phenoxy) is 1. The molecule has 0 amide bonds. The van der Waals surface area contributed by atoms with Gasteiger partial charge in [0.05, 0.1) is 0 Å². The third-order valence-corrected chi connectivity index (χ3v) is 2.35. The number of likely N-dealkylation sites (N-methyl/N-ethyl adjacent to an activating group) is 1. The van der Waals surface area contributed by atoms with E-state index in [1.165, 1.54) is 11.1 Å². The highest BCUT2D eigenvalue weighted by atomic mass is 16.5. The van der Waals surface area contributed by atoms with Crippen LogP contribution in [0.1, 0.15) is 11.1 Å². The first-order chi connectivity index (χ1) is 6.61. The fraction of sp³-hybridized carbons (Fsp3) is 0.500. The molecular weight excluding hydrogens is 174 g/mol. The van der Waals surface area contributed by atoms with E-state index in [1.807, 2.05) is 26.2 Å². The molecule has 0 saturated carbocycles. The molecule has 0 aliphatic carbocycles. The van der Waals surface area contributed by atoms with Crippen LogP contribution in [0, 0.1) is 13.8 Å². The average Bonchev–Trinajstić information content (AvgIpc) is 2.12. The fourth-order valence-electron chi connectivity index (χ4n) is 1.22. The van der Waals surface area contributed by atoms with Gasteiger partial charge in [-0.1, -0.05) is 12.1 Å². The van der Waals surface area contributed by atoms with Crippen molar-refractivity contribution in [2.45, 2.75) is 13.8 Å². The summed E-state index contributed by atoms with van der Waals surface area (Å²) in [5, 5.41) is 0. The lowest BCUT2D eigenvalue weighted by Crippen LogP contribution is -2.19. The molecule has 0 saturated heterocycles. The van der Waals surface area contributed by atoms with Crippen molar-refractivity contribution >= 4 is 0 Å². The molecule has 1 rings (SSSR count). The monoisotopic (exact) mass is 193 g/mol. The van der Waals surface area contributed by atoms with Crippen molar-refractivity contribution in [2.75, 3.05) is 27.2 Å². The van der Waals surface area contributed by atoms with Crippen LogP contribution in [0.15, 0.2) is 18.2 Å². The molecule has 0 aromatic heterocycles. The molecule has 0 aliphatic rings. The van der Waals surface area contributed by atoms with Crippen LogP contribution in [0.3, 0.4) is 0 Å². The maximum atomic E-state index is 5.69. The minimum absolute atomic E-state index is 0.747. The quantitative estimate of drug-likeness (QED) is 0.727. The van der Waals surface area contributed by atoms with Crippen LogP contribution in [0.4, 0.5) is 0 Å². The summed E-state index contributed by atoms with van der Waals surface area (Å²) >= 11 is 0. The average molecular weight is 193 g/mol. The number of nitrogens with zero attached hydrogens (tertiary/aromatic N) is 1. The van der Waals surface area contributed by atoms with Gasteiger partial charge in [-0.15, -0.1) is 0 Å². The first-order valence-electron chi connectivity index (χ1n) is 4.95. The normalized spacial score (nSPS) is 10.6. The molecule has 1 aromatic carbocycles. The Labute approximate surface area is 86.5 Å². The SMILES string of the molecule is Cc1cccc(OCCN(C)C)c1C. The lowest BCUT2D eigenvalue weighted by Gasteiger charge is -2.13. The van der Waals surface area contributed by atoms with Gasteiger partial charge in [-0.25, -0.2) is 0 Å². The summed E-state index contributed by atoms with van der Waals surface area (Å²) in [6.45, 7) is 5.90. The molecule has 14 heavy (non-hydrogen) atoms. The van der Waals surface area contributed by atoms with Crippen LogP contribution >= 0.6 is 0 Å². The highest BCUT2D eigenvalue weighted by Gasteiger charge is 2.01. The third kappa shape index (κ3) is 3.04. The molecular formula is C12H19NO. The number of rotatable bonds is 4. The van der Waals surface area contributed by atoms with Crippen LogP contribution < -0.4 is 4.74 Å². The van der Waals surface area contributed by atoms with Crippen molar-refractivity contribution in [3.63, 3.8) is 0 Å². The van der Waals surface area contributed by atoms with Gasteiger partial charge < -0.3 is 9.64 Å². The van der Waals surface area contributed by atoms with Gasteiger partial charge in [0.2, 0.25) is 0 Å². The van der Waals surface area contributed by atoms with Crippen molar-refractivity contribution in [1.29, 1.82) is 0 Å². The van der Waals surface area contributed by atoms with Gasteiger partial charge in [-0.2, -0.15) is 0 Å². The molecule has 0 unspecified atom stereocenters. The number of benzene rings is 1. The lowest BCUT2D eigenvalue weighted by molar-refractivity contribution is 0.260. The highest BCUT2D eigenvalue weighted by molar-refractivity contribution is 5.38. The number of hydrogen-bond acceptors (Lipinski definition) is 2. The second kappa shape index (κ2) is 5.01. The maximum Gasteiger partial charge on any atom is 0.122 e. The standard InChI is InChI=1S/C12H19NO/c1-10-6-5-7-12(11(10)2)14-9-8-13(3)4/h5-7H,8-9H2,1-4H3. The van der Waals surface area contributed by atoms with E-state index in [1.54, 1.807) is 0 Å².